The van der Waals surface area contributed by atoms with E-state index in [2.05, 4.69) is 0 Å². The topological polar surface area (TPSA) is 87.1 Å². The lowest BCUT2D eigenvalue weighted by atomic mass is 10.2. The highest BCUT2D eigenvalue weighted by atomic mass is 16.6. The molecule has 1 unspecified atom stereocenters. The van der Waals surface area contributed by atoms with Gasteiger partial charge in [-0.1, -0.05) is 0 Å². The molecule has 6 nitrogen and oxygen atoms in total. The monoisotopic (exact) mass is 231 g/mol. The first-order chi connectivity index (χ1) is 7.20. The maximum Gasteiger partial charge on any atom is 0.411 e. The lowest BCUT2D eigenvalue weighted by Gasteiger charge is -2.26. The summed E-state index contributed by atoms with van der Waals surface area (Å²) in [6.07, 6.45) is -1.45. The zero-order chi connectivity index (χ0) is 12.5. The van der Waals surface area contributed by atoms with Crippen LogP contribution in [0.5, 0.6) is 0 Å². The number of aliphatic carboxylic acids is 1. The summed E-state index contributed by atoms with van der Waals surface area (Å²) in [5, 5.41) is 18.2. The van der Waals surface area contributed by atoms with Gasteiger partial charge in [0.05, 0.1) is 12.6 Å². The minimum absolute atomic E-state index is 0.00583. The summed E-state index contributed by atoms with van der Waals surface area (Å²) in [5.74, 6) is -1.12. The minimum Gasteiger partial charge on any atom is -0.480 e. The normalized spacial score (nSPS) is 25.6. The molecule has 1 aliphatic rings. The van der Waals surface area contributed by atoms with Gasteiger partial charge in [0.1, 0.15) is 11.6 Å². The van der Waals surface area contributed by atoms with Crippen LogP contribution in [0.3, 0.4) is 0 Å². The van der Waals surface area contributed by atoms with Gasteiger partial charge in [-0.3, -0.25) is 4.90 Å². The molecule has 0 aromatic heterocycles. The molecule has 0 aromatic rings. The van der Waals surface area contributed by atoms with Gasteiger partial charge < -0.3 is 14.9 Å². The predicted octanol–water partition coefficient (Wildman–Crippen LogP) is 0.441. The Bertz CT molecular complexity index is 296. The van der Waals surface area contributed by atoms with Gasteiger partial charge in [0.15, 0.2) is 0 Å². The number of β-amino-alcohol motifs (C(OH)–C–C–N with tert-alkyl or cyclic N) is 1. The largest absolute Gasteiger partial charge is 0.480 e. The SMILES string of the molecule is CC(C)(C)OC(=O)N1C[C@H](O)CC1C(=O)O. The molecule has 16 heavy (non-hydrogen) atoms. The Labute approximate surface area is 93.8 Å². The van der Waals surface area contributed by atoms with Crippen molar-refractivity contribution >= 4 is 12.1 Å². The van der Waals surface area contributed by atoms with Gasteiger partial charge >= 0.3 is 12.1 Å². The number of carbonyl (C=O) groups is 2. The fourth-order valence-electron chi connectivity index (χ4n) is 1.57. The number of aliphatic hydroxyl groups is 1. The van der Waals surface area contributed by atoms with Crippen molar-refractivity contribution in [2.45, 2.75) is 44.9 Å². The van der Waals surface area contributed by atoms with E-state index in [1.807, 2.05) is 0 Å². The highest BCUT2D eigenvalue weighted by Gasteiger charge is 2.40. The second-order valence-corrected chi connectivity index (χ2v) is 4.88. The van der Waals surface area contributed by atoms with Crippen molar-refractivity contribution in [3.63, 3.8) is 0 Å². The zero-order valence-electron chi connectivity index (χ0n) is 9.64. The summed E-state index contributed by atoms with van der Waals surface area (Å²) >= 11 is 0. The first-order valence-electron chi connectivity index (χ1n) is 5.11. The van der Waals surface area contributed by atoms with E-state index in [1.165, 1.54) is 0 Å². The Morgan fingerprint density at radius 2 is 1.94 bits per heavy atom. The van der Waals surface area contributed by atoms with Gasteiger partial charge in [-0.25, -0.2) is 9.59 Å². The lowest BCUT2D eigenvalue weighted by Crippen LogP contribution is -2.43. The number of carbonyl (C=O) groups excluding carboxylic acids is 1. The number of rotatable bonds is 1. The van der Waals surface area contributed by atoms with Crippen molar-refractivity contribution in [3.05, 3.63) is 0 Å². The molecule has 1 saturated heterocycles. The van der Waals surface area contributed by atoms with Gasteiger partial charge in [0.25, 0.3) is 0 Å². The number of hydrogen-bond donors (Lipinski definition) is 2. The van der Waals surface area contributed by atoms with Crippen molar-refractivity contribution in [2.75, 3.05) is 6.54 Å². The molecule has 1 rings (SSSR count). The third-order valence-electron chi connectivity index (χ3n) is 2.19. The van der Waals surface area contributed by atoms with Crippen LogP contribution in [-0.2, 0) is 9.53 Å². The molecule has 0 radical (unpaired) electrons. The molecule has 0 spiro atoms. The molecule has 0 aromatic carbocycles. The zero-order valence-corrected chi connectivity index (χ0v) is 9.64. The smallest absolute Gasteiger partial charge is 0.411 e. The third-order valence-corrected chi connectivity index (χ3v) is 2.19. The fourth-order valence-corrected chi connectivity index (χ4v) is 1.57. The van der Waals surface area contributed by atoms with Crippen LogP contribution < -0.4 is 0 Å². The Hall–Kier alpha value is -1.30. The predicted molar refractivity (Wildman–Crippen MR) is 55.0 cm³/mol. The van der Waals surface area contributed by atoms with Crippen LogP contribution in [0.25, 0.3) is 0 Å². The molecule has 0 saturated carbocycles. The number of carboxylic acid groups (broad SMARTS) is 1. The van der Waals surface area contributed by atoms with Gasteiger partial charge in [0.2, 0.25) is 0 Å². The van der Waals surface area contributed by atoms with Crippen molar-refractivity contribution in [3.8, 4) is 0 Å². The summed E-state index contributed by atoms with van der Waals surface area (Å²) in [4.78, 5) is 23.6. The van der Waals surface area contributed by atoms with Crippen molar-refractivity contribution in [1.82, 2.24) is 4.90 Å². The highest BCUT2D eigenvalue weighted by molar-refractivity contribution is 5.81. The Morgan fingerprint density at radius 1 is 1.38 bits per heavy atom. The minimum atomic E-state index is -1.12. The number of aliphatic hydroxyl groups excluding tert-OH is 1. The molecule has 1 heterocycles. The molecule has 1 amide bonds. The Morgan fingerprint density at radius 3 is 2.38 bits per heavy atom. The first-order valence-corrected chi connectivity index (χ1v) is 5.11. The van der Waals surface area contributed by atoms with E-state index in [4.69, 9.17) is 9.84 Å². The Kier molecular flexibility index (Phi) is 3.42. The van der Waals surface area contributed by atoms with E-state index in [0.717, 1.165) is 4.90 Å². The molecular weight excluding hydrogens is 214 g/mol. The summed E-state index contributed by atoms with van der Waals surface area (Å²) in [5.41, 5.74) is -0.673. The van der Waals surface area contributed by atoms with E-state index in [9.17, 15) is 14.7 Å². The molecule has 2 N–H and O–H groups in total. The van der Waals surface area contributed by atoms with Crippen molar-refractivity contribution in [1.29, 1.82) is 0 Å². The Balaban J connectivity index is 2.71. The van der Waals surface area contributed by atoms with E-state index < -0.39 is 29.8 Å². The second kappa shape index (κ2) is 4.29. The lowest BCUT2D eigenvalue weighted by molar-refractivity contribution is -0.142. The van der Waals surface area contributed by atoms with Crippen LogP contribution in [0.15, 0.2) is 0 Å². The van der Waals surface area contributed by atoms with Gasteiger partial charge in [-0.15, -0.1) is 0 Å². The van der Waals surface area contributed by atoms with Crippen LogP contribution in [0.4, 0.5) is 4.79 Å². The fraction of sp³-hybridized carbons (Fsp3) is 0.800. The second-order valence-electron chi connectivity index (χ2n) is 4.88. The van der Waals surface area contributed by atoms with Crippen molar-refractivity contribution < 1.29 is 24.5 Å². The van der Waals surface area contributed by atoms with E-state index in [0.29, 0.717) is 0 Å². The number of amides is 1. The summed E-state index contributed by atoms with van der Waals surface area (Å²) < 4.78 is 5.06. The molecule has 6 heteroatoms. The number of ether oxygens (including phenoxy) is 1. The van der Waals surface area contributed by atoms with Crippen LogP contribution in [0.2, 0.25) is 0 Å². The maximum atomic E-state index is 11.7. The van der Waals surface area contributed by atoms with E-state index >= 15 is 0 Å². The maximum absolute atomic E-state index is 11.7. The van der Waals surface area contributed by atoms with Gasteiger partial charge in [-0.2, -0.15) is 0 Å². The summed E-state index contributed by atoms with van der Waals surface area (Å²) in [6.45, 7) is 5.11. The molecule has 0 bridgehead atoms. The highest BCUT2D eigenvalue weighted by Crippen LogP contribution is 2.21. The molecule has 92 valence electrons. The number of likely N-dealkylation sites (tertiary alicyclic amines) is 1. The quantitative estimate of drug-likeness (QED) is 0.683. The average molecular weight is 231 g/mol. The number of nitrogens with zero attached hydrogens (tertiary/aromatic N) is 1. The molecule has 1 aliphatic heterocycles. The van der Waals surface area contributed by atoms with E-state index in [-0.39, 0.29) is 13.0 Å². The van der Waals surface area contributed by atoms with E-state index in [1.54, 1.807) is 20.8 Å². The van der Waals surface area contributed by atoms with Crippen molar-refractivity contribution in [2.24, 2.45) is 0 Å². The number of carboxylic acids is 1. The van der Waals surface area contributed by atoms with Gasteiger partial charge in [0, 0.05) is 6.42 Å². The number of hydrogen-bond acceptors (Lipinski definition) is 4. The molecule has 1 fully saturated rings. The van der Waals surface area contributed by atoms with Crippen LogP contribution >= 0.6 is 0 Å². The van der Waals surface area contributed by atoms with Crippen LogP contribution in [-0.4, -0.2) is 51.5 Å². The molecule has 2 atom stereocenters. The van der Waals surface area contributed by atoms with Crippen LogP contribution in [0, 0.1) is 0 Å². The molecule has 0 aliphatic carbocycles. The van der Waals surface area contributed by atoms with Crippen LogP contribution in [0.1, 0.15) is 27.2 Å². The molecular formula is C10H17NO5. The third kappa shape index (κ3) is 3.10. The summed E-state index contributed by atoms with van der Waals surface area (Å²) in [6, 6.07) is -0.996. The first kappa shape index (κ1) is 12.8. The van der Waals surface area contributed by atoms with Gasteiger partial charge in [-0.05, 0) is 20.8 Å². The summed E-state index contributed by atoms with van der Waals surface area (Å²) in [7, 11) is 0. The standard InChI is InChI=1S/C10H17NO5/c1-10(2,3)16-9(15)11-5-6(12)4-7(11)8(13)14/h6-7,12H,4-5H2,1-3H3,(H,13,14)/t6-,7?/m1/s1. The average Bonchev–Trinajstić information content (AvgIpc) is 2.44.